The Balaban J connectivity index is 1.66. The van der Waals surface area contributed by atoms with Crippen molar-refractivity contribution >= 4 is 33.1 Å². The average Bonchev–Trinajstić information content (AvgIpc) is 3.01. The number of aryl methyl sites for hydroxylation is 1. The zero-order valence-electron chi connectivity index (χ0n) is 15.0. The van der Waals surface area contributed by atoms with Crippen LogP contribution >= 0.6 is 11.3 Å². The molecule has 1 N–H and O–H groups in total. The maximum Gasteiger partial charge on any atom is 0.279 e. The van der Waals surface area contributed by atoms with Gasteiger partial charge in [0.1, 0.15) is 11.9 Å². The zero-order chi connectivity index (χ0) is 19.1. The van der Waals surface area contributed by atoms with E-state index in [2.05, 4.69) is 22.6 Å². The lowest BCUT2D eigenvalue weighted by Gasteiger charge is -2.17. The van der Waals surface area contributed by atoms with Gasteiger partial charge < -0.3 is 5.32 Å². The Kier molecular flexibility index (Phi) is 4.51. The van der Waals surface area contributed by atoms with Gasteiger partial charge in [0.2, 0.25) is 5.91 Å². The molecular weight excluding hydrogens is 367 g/mol. The van der Waals surface area contributed by atoms with Crippen molar-refractivity contribution in [3.05, 3.63) is 50.9 Å². The van der Waals surface area contributed by atoms with Gasteiger partial charge in [-0.25, -0.2) is 4.39 Å². The molecule has 0 spiro atoms. The predicted molar refractivity (Wildman–Crippen MR) is 103 cm³/mol. The second kappa shape index (κ2) is 6.84. The van der Waals surface area contributed by atoms with E-state index in [0.29, 0.717) is 21.8 Å². The molecule has 2 aromatic heterocycles. The van der Waals surface area contributed by atoms with Crippen molar-refractivity contribution in [3.63, 3.8) is 0 Å². The smallest absolute Gasteiger partial charge is 0.279 e. The molecule has 0 bridgehead atoms. The summed E-state index contributed by atoms with van der Waals surface area (Å²) in [4.78, 5) is 27.4. The minimum Gasteiger partial charge on any atom is -0.324 e. The lowest BCUT2D eigenvalue weighted by Crippen LogP contribution is -2.34. The number of aromatic nitrogens is 3. The van der Waals surface area contributed by atoms with Crippen molar-refractivity contribution in [2.45, 2.75) is 39.2 Å². The van der Waals surface area contributed by atoms with Crippen molar-refractivity contribution in [1.29, 1.82) is 0 Å². The van der Waals surface area contributed by atoms with Crippen LogP contribution in [0, 0.1) is 11.7 Å². The number of benzene rings is 1. The summed E-state index contributed by atoms with van der Waals surface area (Å²) in [6, 6.07) is 4.62. The highest BCUT2D eigenvalue weighted by molar-refractivity contribution is 7.18. The quantitative estimate of drug-likeness (QED) is 0.749. The summed E-state index contributed by atoms with van der Waals surface area (Å²) in [7, 11) is 0. The van der Waals surface area contributed by atoms with E-state index in [1.807, 2.05) is 0 Å². The van der Waals surface area contributed by atoms with Crippen LogP contribution in [0.1, 0.15) is 36.8 Å². The number of hydrogen-bond donors (Lipinski definition) is 1. The molecule has 1 aliphatic carbocycles. The Morgan fingerprint density at radius 2 is 2.11 bits per heavy atom. The Morgan fingerprint density at radius 1 is 1.37 bits per heavy atom. The molecule has 6 nitrogen and oxygen atoms in total. The molecule has 8 heteroatoms. The second-order valence-corrected chi connectivity index (χ2v) is 8.13. The van der Waals surface area contributed by atoms with E-state index in [1.165, 1.54) is 40.5 Å². The summed E-state index contributed by atoms with van der Waals surface area (Å²) in [5.41, 5.74) is 1.24. The molecule has 0 aliphatic heterocycles. The number of carbonyl (C=O) groups is 1. The highest BCUT2D eigenvalue weighted by Gasteiger charge is 2.26. The fourth-order valence-corrected chi connectivity index (χ4v) is 4.73. The third-order valence-electron chi connectivity index (χ3n) is 5.01. The molecule has 0 saturated carbocycles. The Labute approximate surface area is 159 Å². The number of hydrogen-bond acceptors (Lipinski definition) is 5. The van der Waals surface area contributed by atoms with Crippen LogP contribution < -0.4 is 10.9 Å². The van der Waals surface area contributed by atoms with E-state index < -0.39 is 11.9 Å². The predicted octanol–water partition coefficient (Wildman–Crippen LogP) is 3.32. The minimum absolute atomic E-state index is 0.284. The maximum absolute atomic E-state index is 13.0. The van der Waals surface area contributed by atoms with Gasteiger partial charge >= 0.3 is 0 Å². The molecule has 1 aliphatic rings. The number of thiophene rings is 1. The standard InChI is InChI=1S/C19H19FN4O2S/c1-10-3-8-14-15(9-10)27-18-16(14)19(26)24(23-22-18)11(2)17(25)21-13-6-4-12(20)5-7-13/h4-7,10-11H,3,8-9H2,1-2H3,(H,21,25)/t10-,11-/m0/s1. The molecule has 2 atom stereocenters. The van der Waals surface area contributed by atoms with Crippen LogP contribution in [0.2, 0.25) is 0 Å². The summed E-state index contributed by atoms with van der Waals surface area (Å²) in [5, 5.41) is 11.5. The van der Waals surface area contributed by atoms with Crippen LogP contribution in [0.3, 0.4) is 0 Å². The van der Waals surface area contributed by atoms with E-state index >= 15 is 0 Å². The van der Waals surface area contributed by atoms with Gasteiger partial charge in [0, 0.05) is 10.6 Å². The number of carbonyl (C=O) groups excluding carboxylic acids is 1. The lowest BCUT2D eigenvalue weighted by atomic mass is 9.89. The van der Waals surface area contributed by atoms with Crippen LogP contribution in [-0.2, 0) is 17.6 Å². The molecule has 27 heavy (non-hydrogen) atoms. The topological polar surface area (TPSA) is 76.9 Å². The highest BCUT2D eigenvalue weighted by atomic mass is 32.1. The van der Waals surface area contributed by atoms with Crippen LogP contribution in [0.5, 0.6) is 0 Å². The maximum atomic E-state index is 13.0. The Hall–Kier alpha value is -2.61. The van der Waals surface area contributed by atoms with E-state index in [4.69, 9.17) is 0 Å². The van der Waals surface area contributed by atoms with Gasteiger partial charge in [0.25, 0.3) is 5.56 Å². The molecule has 0 saturated heterocycles. The monoisotopic (exact) mass is 386 g/mol. The molecule has 1 amide bonds. The Bertz CT molecular complexity index is 1070. The molecule has 0 fully saturated rings. The minimum atomic E-state index is -0.836. The normalized spacial score (nSPS) is 17.5. The first kappa shape index (κ1) is 17.8. The second-order valence-electron chi connectivity index (χ2n) is 7.04. The first-order valence-electron chi connectivity index (χ1n) is 8.90. The summed E-state index contributed by atoms with van der Waals surface area (Å²) >= 11 is 1.53. The third kappa shape index (κ3) is 3.25. The van der Waals surface area contributed by atoms with Gasteiger partial charge in [-0.1, -0.05) is 12.1 Å². The SMILES string of the molecule is C[C@H]1CCc2c(sc3nnn([C@@H](C)C(=O)Nc4ccc(F)cc4)c(=O)c23)C1. The summed E-state index contributed by atoms with van der Waals surface area (Å²) in [5.74, 6) is -0.193. The highest BCUT2D eigenvalue weighted by Crippen LogP contribution is 2.35. The average molecular weight is 386 g/mol. The number of amides is 1. The lowest BCUT2D eigenvalue weighted by molar-refractivity contribution is -0.119. The summed E-state index contributed by atoms with van der Waals surface area (Å²) in [6.45, 7) is 3.81. The van der Waals surface area contributed by atoms with Crippen LogP contribution in [-0.4, -0.2) is 20.9 Å². The largest absolute Gasteiger partial charge is 0.324 e. The van der Waals surface area contributed by atoms with E-state index in [-0.39, 0.29) is 11.4 Å². The number of rotatable bonds is 3. The van der Waals surface area contributed by atoms with Crippen molar-refractivity contribution in [1.82, 2.24) is 15.0 Å². The number of fused-ring (bicyclic) bond motifs is 3. The van der Waals surface area contributed by atoms with Gasteiger partial charge in [-0.15, -0.1) is 16.4 Å². The zero-order valence-corrected chi connectivity index (χ0v) is 15.8. The summed E-state index contributed by atoms with van der Waals surface area (Å²) in [6.07, 6.45) is 2.85. The van der Waals surface area contributed by atoms with E-state index in [0.717, 1.165) is 29.5 Å². The van der Waals surface area contributed by atoms with Crippen LogP contribution in [0.15, 0.2) is 29.1 Å². The summed E-state index contributed by atoms with van der Waals surface area (Å²) < 4.78 is 14.1. The van der Waals surface area contributed by atoms with E-state index in [1.54, 1.807) is 6.92 Å². The van der Waals surface area contributed by atoms with Gasteiger partial charge in [0.05, 0.1) is 5.39 Å². The molecule has 140 valence electrons. The van der Waals surface area contributed by atoms with Crippen LogP contribution in [0.4, 0.5) is 10.1 Å². The fourth-order valence-electron chi connectivity index (χ4n) is 3.42. The molecular formula is C19H19FN4O2S. The van der Waals surface area contributed by atoms with Gasteiger partial charge in [-0.05, 0) is 61.9 Å². The van der Waals surface area contributed by atoms with Gasteiger partial charge in [-0.3, -0.25) is 9.59 Å². The van der Waals surface area contributed by atoms with Gasteiger partial charge in [0.15, 0.2) is 4.83 Å². The Morgan fingerprint density at radius 3 is 2.85 bits per heavy atom. The number of anilines is 1. The van der Waals surface area contributed by atoms with Gasteiger partial charge in [-0.2, -0.15) is 4.68 Å². The van der Waals surface area contributed by atoms with Crippen molar-refractivity contribution in [3.8, 4) is 0 Å². The number of nitrogens with zero attached hydrogens (tertiary/aromatic N) is 3. The molecule has 2 heterocycles. The first-order chi connectivity index (χ1) is 12.9. The number of nitrogens with one attached hydrogen (secondary N) is 1. The van der Waals surface area contributed by atoms with Crippen molar-refractivity contribution < 1.29 is 9.18 Å². The van der Waals surface area contributed by atoms with Crippen molar-refractivity contribution in [2.75, 3.05) is 5.32 Å². The van der Waals surface area contributed by atoms with Crippen LogP contribution in [0.25, 0.3) is 10.2 Å². The first-order valence-corrected chi connectivity index (χ1v) is 9.72. The fraction of sp³-hybridized carbons (Fsp3) is 0.368. The third-order valence-corrected chi connectivity index (χ3v) is 6.14. The van der Waals surface area contributed by atoms with Crippen molar-refractivity contribution in [2.24, 2.45) is 5.92 Å². The number of halogens is 1. The molecule has 3 aromatic rings. The van der Waals surface area contributed by atoms with E-state index in [9.17, 15) is 14.0 Å². The molecule has 0 radical (unpaired) electrons. The molecule has 0 unspecified atom stereocenters. The molecule has 4 rings (SSSR count). The molecule has 1 aromatic carbocycles.